The van der Waals surface area contributed by atoms with Crippen molar-refractivity contribution in [3.8, 4) is 22.9 Å². The van der Waals surface area contributed by atoms with E-state index < -0.39 is 0 Å². The van der Waals surface area contributed by atoms with Gasteiger partial charge in [0.05, 0.1) is 18.4 Å². The van der Waals surface area contributed by atoms with Crippen LogP contribution < -0.4 is 9.47 Å². The SMILES string of the molecule is OCCOc1ccccc1OCc1nc(-c2ccoc2)no1. The average molecular weight is 302 g/mol. The van der Waals surface area contributed by atoms with Gasteiger partial charge in [-0.1, -0.05) is 17.3 Å². The van der Waals surface area contributed by atoms with Gasteiger partial charge in [0.1, 0.15) is 12.9 Å². The zero-order valence-electron chi connectivity index (χ0n) is 11.6. The molecule has 0 aliphatic carbocycles. The molecule has 1 N–H and O–H groups in total. The number of aliphatic hydroxyl groups is 1. The Hall–Kier alpha value is -2.80. The van der Waals surface area contributed by atoms with E-state index in [0.29, 0.717) is 23.2 Å². The molecule has 0 bridgehead atoms. The summed E-state index contributed by atoms with van der Waals surface area (Å²) in [5.74, 6) is 1.87. The number of nitrogens with zero attached hydrogens (tertiary/aromatic N) is 2. The summed E-state index contributed by atoms with van der Waals surface area (Å²) in [6, 6.07) is 8.92. The van der Waals surface area contributed by atoms with Crippen molar-refractivity contribution in [3.05, 3.63) is 48.7 Å². The normalized spacial score (nSPS) is 10.6. The lowest BCUT2D eigenvalue weighted by Crippen LogP contribution is -2.04. The van der Waals surface area contributed by atoms with Gasteiger partial charge in [0.25, 0.3) is 5.89 Å². The van der Waals surface area contributed by atoms with E-state index in [1.807, 2.05) is 12.1 Å². The van der Waals surface area contributed by atoms with Crippen LogP contribution in [0.1, 0.15) is 5.89 Å². The van der Waals surface area contributed by atoms with E-state index >= 15 is 0 Å². The second kappa shape index (κ2) is 6.77. The smallest absolute Gasteiger partial charge is 0.264 e. The molecule has 0 unspecified atom stereocenters. The van der Waals surface area contributed by atoms with Crippen LogP contribution in [0.25, 0.3) is 11.4 Å². The van der Waals surface area contributed by atoms with Gasteiger partial charge < -0.3 is 23.5 Å². The first-order chi connectivity index (χ1) is 10.9. The van der Waals surface area contributed by atoms with E-state index in [2.05, 4.69) is 10.1 Å². The lowest BCUT2D eigenvalue weighted by atomic mass is 10.3. The summed E-state index contributed by atoms with van der Waals surface area (Å²) in [5.41, 5.74) is 0.738. The van der Waals surface area contributed by atoms with Gasteiger partial charge in [0, 0.05) is 0 Å². The topological polar surface area (TPSA) is 90.8 Å². The van der Waals surface area contributed by atoms with E-state index in [0.717, 1.165) is 5.56 Å². The number of hydrogen-bond acceptors (Lipinski definition) is 7. The third-order valence-corrected chi connectivity index (χ3v) is 2.80. The Morgan fingerprint density at radius 1 is 1.09 bits per heavy atom. The van der Waals surface area contributed by atoms with Crippen LogP contribution in [-0.2, 0) is 6.61 Å². The fourth-order valence-corrected chi connectivity index (χ4v) is 1.81. The molecule has 3 rings (SSSR count). The van der Waals surface area contributed by atoms with E-state index in [-0.39, 0.29) is 19.8 Å². The number of hydrogen-bond donors (Lipinski definition) is 1. The van der Waals surface area contributed by atoms with Crippen LogP contribution in [0.5, 0.6) is 11.5 Å². The van der Waals surface area contributed by atoms with Crippen molar-refractivity contribution in [2.45, 2.75) is 6.61 Å². The number of furan rings is 1. The zero-order chi connectivity index (χ0) is 15.2. The quantitative estimate of drug-likeness (QED) is 0.716. The first kappa shape index (κ1) is 14.2. The monoisotopic (exact) mass is 302 g/mol. The number of aromatic nitrogens is 2. The molecule has 0 aliphatic rings. The Balaban J connectivity index is 1.65. The molecule has 0 atom stereocenters. The van der Waals surface area contributed by atoms with Crippen molar-refractivity contribution in [1.29, 1.82) is 0 Å². The summed E-state index contributed by atoms with van der Waals surface area (Å²) in [5, 5.41) is 12.7. The lowest BCUT2D eigenvalue weighted by Gasteiger charge is -2.10. The fourth-order valence-electron chi connectivity index (χ4n) is 1.81. The number of benzene rings is 1. The Kier molecular flexibility index (Phi) is 4.35. The maximum Gasteiger partial charge on any atom is 0.264 e. The molecule has 0 saturated carbocycles. The fraction of sp³-hybridized carbons (Fsp3) is 0.200. The minimum absolute atomic E-state index is 0.0634. The molecule has 3 aromatic rings. The molecular formula is C15H14N2O5. The molecule has 114 valence electrons. The summed E-state index contributed by atoms with van der Waals surface area (Å²) in [6.07, 6.45) is 3.07. The Bertz CT molecular complexity index is 708. The van der Waals surface area contributed by atoms with Crippen molar-refractivity contribution < 1.29 is 23.5 Å². The van der Waals surface area contributed by atoms with Crippen molar-refractivity contribution in [2.75, 3.05) is 13.2 Å². The Morgan fingerprint density at radius 3 is 2.64 bits per heavy atom. The van der Waals surface area contributed by atoms with Crippen molar-refractivity contribution >= 4 is 0 Å². The van der Waals surface area contributed by atoms with Gasteiger partial charge in [0.2, 0.25) is 5.82 Å². The van der Waals surface area contributed by atoms with Crippen LogP contribution in [0.4, 0.5) is 0 Å². The second-order valence-electron chi connectivity index (χ2n) is 4.33. The number of para-hydroxylation sites is 2. The largest absolute Gasteiger partial charge is 0.487 e. The highest BCUT2D eigenvalue weighted by Gasteiger charge is 2.11. The lowest BCUT2D eigenvalue weighted by molar-refractivity contribution is 0.187. The Morgan fingerprint density at radius 2 is 1.91 bits per heavy atom. The van der Waals surface area contributed by atoms with Gasteiger partial charge in [-0.15, -0.1) is 0 Å². The molecule has 0 saturated heterocycles. The van der Waals surface area contributed by atoms with E-state index in [9.17, 15) is 0 Å². The maximum absolute atomic E-state index is 8.81. The van der Waals surface area contributed by atoms with Crippen LogP contribution in [0.3, 0.4) is 0 Å². The van der Waals surface area contributed by atoms with Crippen molar-refractivity contribution in [1.82, 2.24) is 10.1 Å². The molecule has 22 heavy (non-hydrogen) atoms. The molecule has 0 aliphatic heterocycles. The van der Waals surface area contributed by atoms with Gasteiger partial charge >= 0.3 is 0 Å². The van der Waals surface area contributed by atoms with E-state index in [1.54, 1.807) is 18.2 Å². The van der Waals surface area contributed by atoms with Crippen molar-refractivity contribution in [3.63, 3.8) is 0 Å². The van der Waals surface area contributed by atoms with Crippen LogP contribution in [0.2, 0.25) is 0 Å². The standard InChI is InChI=1S/C15H14N2O5/c18-6-8-20-12-3-1-2-4-13(12)21-10-14-16-15(17-22-14)11-5-7-19-9-11/h1-5,7,9,18H,6,8,10H2. The van der Waals surface area contributed by atoms with Gasteiger partial charge in [-0.3, -0.25) is 0 Å². The average Bonchev–Trinajstić information content (AvgIpc) is 3.22. The summed E-state index contributed by atoms with van der Waals surface area (Å²) < 4.78 is 21.1. The Labute approximate surface area is 126 Å². The maximum atomic E-state index is 8.81. The molecule has 1 aromatic carbocycles. The molecule has 2 heterocycles. The zero-order valence-corrected chi connectivity index (χ0v) is 11.6. The molecule has 0 amide bonds. The number of aliphatic hydroxyl groups excluding tert-OH is 1. The molecule has 2 aromatic heterocycles. The first-order valence-electron chi connectivity index (χ1n) is 6.67. The van der Waals surface area contributed by atoms with Crippen LogP contribution >= 0.6 is 0 Å². The van der Waals surface area contributed by atoms with E-state index in [4.69, 9.17) is 23.5 Å². The molecule has 7 heteroatoms. The van der Waals surface area contributed by atoms with Gasteiger partial charge in [-0.2, -0.15) is 4.98 Å². The van der Waals surface area contributed by atoms with Crippen molar-refractivity contribution in [2.24, 2.45) is 0 Å². The van der Waals surface area contributed by atoms with Crippen LogP contribution in [0.15, 0.2) is 51.8 Å². The highest BCUT2D eigenvalue weighted by atomic mass is 16.5. The summed E-state index contributed by atoms with van der Waals surface area (Å²) in [4.78, 5) is 4.22. The van der Waals surface area contributed by atoms with Crippen LogP contribution in [-0.4, -0.2) is 28.5 Å². The first-order valence-corrected chi connectivity index (χ1v) is 6.67. The van der Waals surface area contributed by atoms with E-state index in [1.165, 1.54) is 12.5 Å². The van der Waals surface area contributed by atoms with Gasteiger partial charge in [0.15, 0.2) is 18.1 Å². The molecule has 0 fully saturated rings. The molecule has 0 radical (unpaired) electrons. The summed E-state index contributed by atoms with van der Waals surface area (Å²) >= 11 is 0. The number of rotatable bonds is 7. The van der Waals surface area contributed by atoms with Gasteiger partial charge in [-0.05, 0) is 18.2 Å². The minimum Gasteiger partial charge on any atom is -0.487 e. The summed E-state index contributed by atoms with van der Waals surface area (Å²) in [7, 11) is 0. The third kappa shape index (κ3) is 3.26. The second-order valence-corrected chi connectivity index (χ2v) is 4.33. The van der Waals surface area contributed by atoms with Gasteiger partial charge in [-0.25, -0.2) is 0 Å². The van der Waals surface area contributed by atoms with Crippen LogP contribution in [0, 0.1) is 0 Å². The summed E-state index contributed by atoms with van der Waals surface area (Å²) in [6.45, 7) is 0.252. The third-order valence-electron chi connectivity index (χ3n) is 2.80. The highest BCUT2D eigenvalue weighted by Crippen LogP contribution is 2.27. The molecular weight excluding hydrogens is 288 g/mol. The highest BCUT2D eigenvalue weighted by molar-refractivity contribution is 5.51. The minimum atomic E-state index is -0.0634. The number of ether oxygens (including phenoxy) is 2. The predicted octanol–water partition coefficient (Wildman–Crippen LogP) is 2.28. The molecule has 7 nitrogen and oxygen atoms in total. The molecule has 0 spiro atoms. The predicted molar refractivity (Wildman–Crippen MR) is 75.4 cm³/mol.